The fourth-order valence-corrected chi connectivity index (χ4v) is 3.85. The summed E-state index contributed by atoms with van der Waals surface area (Å²) in [5.74, 6) is 0.930. The highest BCUT2D eigenvalue weighted by molar-refractivity contribution is 5.14. The Morgan fingerprint density at radius 3 is 2.67 bits per heavy atom. The first-order chi connectivity index (χ1) is 10.2. The molecule has 1 saturated carbocycles. The van der Waals surface area contributed by atoms with Gasteiger partial charge in [-0.3, -0.25) is 4.90 Å². The maximum atomic E-state index is 3.78. The van der Waals surface area contributed by atoms with E-state index in [4.69, 9.17) is 0 Å². The Labute approximate surface area is 129 Å². The smallest absolute Gasteiger partial charge is 0.0334 e. The molecule has 1 aliphatic carbocycles. The number of nitrogens with one attached hydrogen (secondary N) is 1. The summed E-state index contributed by atoms with van der Waals surface area (Å²) < 4.78 is 0. The minimum Gasteiger partial charge on any atom is -0.311 e. The Morgan fingerprint density at radius 2 is 2.00 bits per heavy atom. The second-order valence-corrected chi connectivity index (χ2v) is 7.15. The molecule has 1 heterocycles. The molecule has 0 bridgehead atoms. The number of hydrogen-bond donors (Lipinski definition) is 1. The molecule has 0 spiro atoms. The number of benzene rings is 1. The molecule has 21 heavy (non-hydrogen) atoms. The molecule has 1 aromatic rings. The third-order valence-electron chi connectivity index (χ3n) is 5.60. The van der Waals surface area contributed by atoms with Crippen molar-refractivity contribution in [3.05, 3.63) is 35.9 Å². The minimum atomic E-state index is 0.405. The summed E-state index contributed by atoms with van der Waals surface area (Å²) in [6.07, 6.45) is 6.61. The van der Waals surface area contributed by atoms with Crippen LogP contribution in [0.15, 0.2) is 30.3 Å². The molecule has 1 aromatic carbocycles. The van der Waals surface area contributed by atoms with Crippen LogP contribution in [0.25, 0.3) is 0 Å². The van der Waals surface area contributed by atoms with Gasteiger partial charge in [0.05, 0.1) is 0 Å². The van der Waals surface area contributed by atoms with E-state index in [2.05, 4.69) is 54.4 Å². The predicted octanol–water partition coefficient (Wildman–Crippen LogP) is 3.47. The average Bonchev–Trinajstić information content (AvgIpc) is 3.35. The Hall–Kier alpha value is -0.860. The van der Waals surface area contributed by atoms with Gasteiger partial charge < -0.3 is 5.32 Å². The van der Waals surface area contributed by atoms with Crippen LogP contribution in [0, 0.1) is 5.92 Å². The van der Waals surface area contributed by atoms with Crippen LogP contribution in [0.5, 0.6) is 0 Å². The number of piperazine rings is 1. The van der Waals surface area contributed by atoms with Gasteiger partial charge >= 0.3 is 0 Å². The standard InChI is InChI=1S/C19H30N2/c1-3-18-14-21(19(2,15-20-18)17-11-12-17)13-7-10-16-8-5-4-6-9-16/h4-6,8-9,17-18,20H,3,7,10-15H2,1-2H3. The lowest BCUT2D eigenvalue weighted by molar-refractivity contribution is 0.0333. The van der Waals surface area contributed by atoms with Crippen molar-refractivity contribution < 1.29 is 0 Å². The number of hydrogen-bond acceptors (Lipinski definition) is 2. The molecule has 2 nitrogen and oxygen atoms in total. The van der Waals surface area contributed by atoms with Crippen molar-refractivity contribution in [1.82, 2.24) is 10.2 Å². The molecular formula is C19H30N2. The molecule has 116 valence electrons. The van der Waals surface area contributed by atoms with Crippen LogP contribution in [0.1, 0.15) is 45.1 Å². The Morgan fingerprint density at radius 1 is 1.24 bits per heavy atom. The fourth-order valence-electron chi connectivity index (χ4n) is 3.85. The van der Waals surface area contributed by atoms with E-state index in [0.29, 0.717) is 11.6 Å². The van der Waals surface area contributed by atoms with E-state index in [9.17, 15) is 0 Å². The quantitative estimate of drug-likeness (QED) is 0.861. The summed E-state index contributed by atoms with van der Waals surface area (Å²) in [6.45, 7) is 8.46. The van der Waals surface area contributed by atoms with Crippen LogP contribution in [0.4, 0.5) is 0 Å². The molecule has 2 atom stereocenters. The maximum absolute atomic E-state index is 3.78. The Bertz CT molecular complexity index is 440. The van der Waals surface area contributed by atoms with E-state index >= 15 is 0 Å². The van der Waals surface area contributed by atoms with Gasteiger partial charge in [0.25, 0.3) is 0 Å². The third kappa shape index (κ3) is 3.49. The molecule has 2 aliphatic rings. The van der Waals surface area contributed by atoms with Crippen LogP contribution < -0.4 is 5.32 Å². The van der Waals surface area contributed by atoms with E-state index < -0.39 is 0 Å². The molecule has 2 unspecified atom stereocenters. The summed E-state index contributed by atoms with van der Waals surface area (Å²) in [5, 5.41) is 3.78. The largest absolute Gasteiger partial charge is 0.311 e. The van der Waals surface area contributed by atoms with Gasteiger partial charge in [-0.2, -0.15) is 0 Å². The molecule has 2 fully saturated rings. The van der Waals surface area contributed by atoms with Crippen molar-refractivity contribution >= 4 is 0 Å². The monoisotopic (exact) mass is 286 g/mol. The lowest BCUT2D eigenvalue weighted by Gasteiger charge is -2.49. The summed E-state index contributed by atoms with van der Waals surface area (Å²) >= 11 is 0. The summed E-state index contributed by atoms with van der Waals surface area (Å²) in [6, 6.07) is 11.6. The molecule has 1 saturated heterocycles. The average molecular weight is 286 g/mol. The van der Waals surface area contributed by atoms with Crippen LogP contribution in [-0.4, -0.2) is 36.1 Å². The third-order valence-corrected chi connectivity index (χ3v) is 5.60. The molecule has 2 heteroatoms. The Kier molecular flexibility index (Phi) is 4.66. The zero-order chi connectivity index (χ0) is 14.7. The van der Waals surface area contributed by atoms with Gasteiger partial charge in [-0.25, -0.2) is 0 Å². The van der Waals surface area contributed by atoms with Gasteiger partial charge in [-0.05, 0) is 57.1 Å². The van der Waals surface area contributed by atoms with E-state index in [1.165, 1.54) is 57.3 Å². The van der Waals surface area contributed by atoms with Crippen LogP contribution >= 0.6 is 0 Å². The van der Waals surface area contributed by atoms with Gasteiger partial charge in [0.15, 0.2) is 0 Å². The van der Waals surface area contributed by atoms with Crippen LogP contribution in [0.2, 0.25) is 0 Å². The molecule has 0 amide bonds. The van der Waals surface area contributed by atoms with Crippen molar-refractivity contribution in [2.75, 3.05) is 19.6 Å². The van der Waals surface area contributed by atoms with Crippen molar-refractivity contribution in [3.63, 3.8) is 0 Å². The van der Waals surface area contributed by atoms with Crippen molar-refractivity contribution in [2.45, 2.75) is 57.5 Å². The van der Waals surface area contributed by atoms with Crippen LogP contribution in [-0.2, 0) is 6.42 Å². The van der Waals surface area contributed by atoms with Crippen molar-refractivity contribution in [3.8, 4) is 0 Å². The first kappa shape index (κ1) is 15.1. The number of nitrogens with zero attached hydrogens (tertiary/aromatic N) is 1. The molecule has 1 N–H and O–H groups in total. The van der Waals surface area contributed by atoms with E-state index in [-0.39, 0.29) is 0 Å². The fraction of sp³-hybridized carbons (Fsp3) is 0.684. The minimum absolute atomic E-state index is 0.405. The normalized spacial score (nSPS) is 30.5. The lowest BCUT2D eigenvalue weighted by atomic mass is 9.88. The van der Waals surface area contributed by atoms with Gasteiger partial charge in [0, 0.05) is 24.7 Å². The van der Waals surface area contributed by atoms with E-state index in [1.807, 2.05) is 0 Å². The van der Waals surface area contributed by atoms with Crippen LogP contribution in [0.3, 0.4) is 0 Å². The maximum Gasteiger partial charge on any atom is 0.0334 e. The van der Waals surface area contributed by atoms with E-state index in [0.717, 1.165) is 5.92 Å². The van der Waals surface area contributed by atoms with Gasteiger partial charge in [-0.15, -0.1) is 0 Å². The van der Waals surface area contributed by atoms with Gasteiger partial charge in [0.1, 0.15) is 0 Å². The molecule has 0 radical (unpaired) electrons. The highest BCUT2D eigenvalue weighted by Gasteiger charge is 2.47. The highest BCUT2D eigenvalue weighted by atomic mass is 15.3. The Balaban J connectivity index is 1.57. The lowest BCUT2D eigenvalue weighted by Crippen LogP contribution is -2.64. The zero-order valence-corrected chi connectivity index (χ0v) is 13.6. The second kappa shape index (κ2) is 6.50. The summed E-state index contributed by atoms with van der Waals surface area (Å²) in [5.41, 5.74) is 1.88. The summed E-state index contributed by atoms with van der Waals surface area (Å²) in [7, 11) is 0. The topological polar surface area (TPSA) is 15.3 Å². The van der Waals surface area contributed by atoms with Crippen molar-refractivity contribution in [1.29, 1.82) is 0 Å². The van der Waals surface area contributed by atoms with Gasteiger partial charge in [0.2, 0.25) is 0 Å². The number of aryl methyl sites for hydroxylation is 1. The van der Waals surface area contributed by atoms with E-state index in [1.54, 1.807) is 0 Å². The molecule has 3 rings (SSSR count). The SMILES string of the molecule is CCC1CN(CCCc2ccccc2)C(C)(C2CC2)CN1. The molecule has 0 aromatic heterocycles. The first-order valence-electron chi connectivity index (χ1n) is 8.74. The number of rotatable bonds is 6. The van der Waals surface area contributed by atoms with Gasteiger partial charge in [-0.1, -0.05) is 37.3 Å². The highest BCUT2D eigenvalue weighted by Crippen LogP contribution is 2.44. The molecule has 1 aliphatic heterocycles. The first-order valence-corrected chi connectivity index (χ1v) is 8.74. The predicted molar refractivity (Wildman–Crippen MR) is 89.5 cm³/mol. The molecular weight excluding hydrogens is 256 g/mol. The van der Waals surface area contributed by atoms with Crippen molar-refractivity contribution in [2.24, 2.45) is 5.92 Å². The zero-order valence-electron chi connectivity index (χ0n) is 13.6. The summed E-state index contributed by atoms with van der Waals surface area (Å²) in [4.78, 5) is 2.80. The second-order valence-electron chi connectivity index (χ2n) is 7.15.